The van der Waals surface area contributed by atoms with Crippen LogP contribution in [0.2, 0.25) is 4.47 Å². The van der Waals surface area contributed by atoms with E-state index in [9.17, 15) is 4.79 Å². The summed E-state index contributed by atoms with van der Waals surface area (Å²) < 4.78 is 1.68. The Bertz CT molecular complexity index is 287. The molecule has 1 nitrogen and oxygen atoms in total. The predicted octanol–water partition coefficient (Wildman–Crippen LogP) is 3.23. The summed E-state index contributed by atoms with van der Waals surface area (Å²) in [6.45, 7) is 2.18. The zero-order valence-electron chi connectivity index (χ0n) is 8.94. The first-order chi connectivity index (χ1) is 7.33. The molecule has 0 fully saturated rings. The van der Waals surface area contributed by atoms with E-state index in [0.29, 0.717) is 9.58 Å². The van der Waals surface area contributed by atoms with Crippen molar-refractivity contribution in [3.63, 3.8) is 0 Å². The zero-order chi connectivity index (χ0) is 10.9. The van der Waals surface area contributed by atoms with Crippen LogP contribution in [0, 0.1) is 0 Å². The van der Waals surface area contributed by atoms with Crippen LogP contribution in [0.3, 0.4) is 0 Å². The van der Waals surface area contributed by atoms with Crippen molar-refractivity contribution < 1.29 is 4.79 Å². The SMILES string of the molecule is CCCC[Te]C(=O)CSc1ccccc1. The average Bonchev–Trinajstić information content (AvgIpc) is 2.28. The summed E-state index contributed by atoms with van der Waals surface area (Å²) in [5, 5.41) is 0. The molecule has 0 aliphatic carbocycles. The van der Waals surface area contributed by atoms with Crippen LogP contribution in [0.15, 0.2) is 35.2 Å². The van der Waals surface area contributed by atoms with E-state index in [2.05, 4.69) is 19.1 Å². The van der Waals surface area contributed by atoms with Gasteiger partial charge in [0.05, 0.1) is 0 Å². The van der Waals surface area contributed by atoms with Gasteiger partial charge in [0.15, 0.2) is 0 Å². The van der Waals surface area contributed by atoms with Crippen molar-refractivity contribution in [2.75, 3.05) is 5.75 Å². The van der Waals surface area contributed by atoms with Crippen molar-refractivity contribution in [1.82, 2.24) is 0 Å². The molecule has 0 amide bonds. The molecule has 15 heavy (non-hydrogen) atoms. The number of unbranched alkanes of at least 4 members (excludes halogenated alkanes) is 1. The van der Waals surface area contributed by atoms with Gasteiger partial charge in [-0.3, -0.25) is 0 Å². The van der Waals surface area contributed by atoms with E-state index in [1.807, 2.05) is 18.2 Å². The summed E-state index contributed by atoms with van der Waals surface area (Å²) in [7, 11) is 0. The molecule has 0 aliphatic rings. The molecule has 0 spiro atoms. The molecule has 0 atom stereocenters. The molecule has 1 aromatic rings. The molecule has 82 valence electrons. The first-order valence-corrected chi connectivity index (χ1v) is 8.96. The third-order valence-corrected chi connectivity index (χ3v) is 6.18. The molecule has 0 N–H and O–H groups in total. The Morgan fingerprint density at radius 2 is 2.07 bits per heavy atom. The molecular formula is C12H16OSTe. The van der Waals surface area contributed by atoms with Gasteiger partial charge in [0.1, 0.15) is 0 Å². The molecule has 0 saturated heterocycles. The molecule has 0 saturated carbocycles. The van der Waals surface area contributed by atoms with Crippen LogP contribution < -0.4 is 0 Å². The van der Waals surface area contributed by atoms with Gasteiger partial charge in [0.2, 0.25) is 0 Å². The van der Waals surface area contributed by atoms with E-state index in [4.69, 9.17) is 0 Å². The summed E-state index contributed by atoms with van der Waals surface area (Å²) in [6, 6.07) is 10.2. The van der Waals surface area contributed by atoms with Crippen molar-refractivity contribution in [3.05, 3.63) is 30.3 Å². The quantitative estimate of drug-likeness (QED) is 0.432. The normalized spacial score (nSPS) is 10.2. The van der Waals surface area contributed by atoms with Gasteiger partial charge in [-0.05, 0) is 0 Å². The topological polar surface area (TPSA) is 17.1 Å². The fourth-order valence-electron chi connectivity index (χ4n) is 1.03. The van der Waals surface area contributed by atoms with E-state index >= 15 is 0 Å². The second kappa shape index (κ2) is 8.21. The van der Waals surface area contributed by atoms with Gasteiger partial charge in [-0.1, -0.05) is 0 Å². The Kier molecular flexibility index (Phi) is 7.17. The number of hydrogen-bond donors (Lipinski definition) is 0. The molecule has 0 aromatic heterocycles. The van der Waals surface area contributed by atoms with Crippen molar-refractivity contribution in [1.29, 1.82) is 0 Å². The number of rotatable bonds is 7. The van der Waals surface area contributed by atoms with Gasteiger partial charge in [0.25, 0.3) is 0 Å². The minimum atomic E-state index is -0.374. The van der Waals surface area contributed by atoms with Gasteiger partial charge in [-0.15, -0.1) is 0 Å². The van der Waals surface area contributed by atoms with Crippen LogP contribution in [-0.4, -0.2) is 30.5 Å². The van der Waals surface area contributed by atoms with Crippen LogP contribution in [-0.2, 0) is 4.79 Å². The monoisotopic (exact) mass is 338 g/mol. The van der Waals surface area contributed by atoms with Gasteiger partial charge in [0, 0.05) is 0 Å². The van der Waals surface area contributed by atoms with E-state index < -0.39 is 0 Å². The van der Waals surface area contributed by atoms with Crippen LogP contribution in [0.5, 0.6) is 0 Å². The second-order valence-corrected chi connectivity index (χ2v) is 7.51. The van der Waals surface area contributed by atoms with Crippen LogP contribution in [0.25, 0.3) is 0 Å². The Hall–Kier alpha value is 0.0296. The summed E-state index contributed by atoms with van der Waals surface area (Å²) in [6.07, 6.45) is 2.44. The maximum absolute atomic E-state index is 11.5. The number of carbonyl (C=O) groups is 1. The number of carbonyl (C=O) groups excluding carboxylic acids is 1. The zero-order valence-corrected chi connectivity index (χ0v) is 12.1. The van der Waals surface area contributed by atoms with Gasteiger partial charge in [-0.2, -0.15) is 0 Å². The molecule has 3 heteroatoms. The summed E-state index contributed by atoms with van der Waals surface area (Å²) in [4.78, 5) is 12.7. The van der Waals surface area contributed by atoms with Gasteiger partial charge < -0.3 is 0 Å². The number of benzene rings is 1. The summed E-state index contributed by atoms with van der Waals surface area (Å²) in [5.41, 5.74) is 0. The maximum atomic E-state index is 11.5. The molecule has 1 rings (SSSR count). The molecule has 0 aliphatic heterocycles. The van der Waals surface area contributed by atoms with Gasteiger partial charge in [-0.25, -0.2) is 0 Å². The van der Waals surface area contributed by atoms with E-state index in [-0.39, 0.29) is 20.9 Å². The van der Waals surface area contributed by atoms with E-state index in [1.165, 1.54) is 22.2 Å². The Balaban J connectivity index is 2.17. The predicted molar refractivity (Wildman–Crippen MR) is 67.6 cm³/mol. The molecule has 0 bridgehead atoms. The van der Waals surface area contributed by atoms with E-state index in [0.717, 1.165) is 0 Å². The van der Waals surface area contributed by atoms with Crippen molar-refractivity contribution in [2.45, 2.75) is 29.1 Å². The number of thioether (sulfide) groups is 1. The van der Waals surface area contributed by atoms with Crippen LogP contribution >= 0.6 is 11.8 Å². The molecule has 0 heterocycles. The first-order valence-electron chi connectivity index (χ1n) is 5.16. The Labute approximate surface area is 106 Å². The van der Waals surface area contributed by atoms with Crippen molar-refractivity contribution >= 4 is 36.5 Å². The van der Waals surface area contributed by atoms with Crippen molar-refractivity contribution in [2.24, 2.45) is 0 Å². The second-order valence-electron chi connectivity index (χ2n) is 3.18. The first kappa shape index (κ1) is 13.1. The average molecular weight is 336 g/mol. The standard InChI is InChI=1S/C12H16OSTe/c1-2-3-9-15-12(13)10-14-11-7-5-4-6-8-11/h4-8H,2-3,9-10H2,1H3. The molecule has 0 radical (unpaired) electrons. The Morgan fingerprint density at radius 1 is 1.33 bits per heavy atom. The van der Waals surface area contributed by atoms with Gasteiger partial charge >= 0.3 is 107 Å². The van der Waals surface area contributed by atoms with Crippen molar-refractivity contribution in [3.8, 4) is 0 Å². The third-order valence-electron chi connectivity index (χ3n) is 1.86. The summed E-state index contributed by atoms with van der Waals surface area (Å²) >= 11 is 1.30. The number of hydrogen-bond acceptors (Lipinski definition) is 2. The fraction of sp³-hybridized carbons (Fsp3) is 0.417. The molecule has 0 unspecified atom stereocenters. The minimum absolute atomic E-state index is 0.374. The summed E-state index contributed by atoms with van der Waals surface area (Å²) in [5.74, 6) is 0.677. The van der Waals surface area contributed by atoms with Crippen LogP contribution in [0.4, 0.5) is 0 Å². The van der Waals surface area contributed by atoms with Crippen LogP contribution in [0.1, 0.15) is 19.8 Å². The third kappa shape index (κ3) is 6.25. The van der Waals surface area contributed by atoms with E-state index in [1.54, 1.807) is 11.8 Å². The molecular weight excluding hydrogens is 320 g/mol. The fourth-order valence-corrected chi connectivity index (χ4v) is 4.85. The Morgan fingerprint density at radius 3 is 2.73 bits per heavy atom. The molecule has 1 aromatic carbocycles.